The highest BCUT2D eigenvalue weighted by Crippen LogP contribution is 2.36. The molecule has 1 aliphatic carbocycles. The van der Waals surface area contributed by atoms with E-state index in [9.17, 15) is 9.18 Å². The zero-order chi connectivity index (χ0) is 13.3. The third-order valence-electron chi connectivity index (χ3n) is 3.51. The lowest BCUT2D eigenvalue weighted by Gasteiger charge is -2.18. The number of hydrogen-bond acceptors (Lipinski definition) is 2. The highest BCUT2D eigenvalue weighted by molar-refractivity contribution is 7.80. The van der Waals surface area contributed by atoms with Crippen molar-refractivity contribution in [3.05, 3.63) is 29.6 Å². The van der Waals surface area contributed by atoms with E-state index in [1.807, 2.05) is 0 Å². The van der Waals surface area contributed by atoms with Gasteiger partial charge in [-0.05, 0) is 42.9 Å². The first-order valence-electron chi connectivity index (χ1n) is 6.17. The van der Waals surface area contributed by atoms with E-state index in [1.165, 1.54) is 18.2 Å². The molecule has 1 saturated carbocycles. The molecule has 18 heavy (non-hydrogen) atoms. The molecule has 0 bridgehead atoms. The minimum atomic E-state index is -0.406. The average molecular weight is 267 g/mol. The van der Waals surface area contributed by atoms with Gasteiger partial charge in [-0.2, -0.15) is 0 Å². The third kappa shape index (κ3) is 3.05. The second kappa shape index (κ2) is 4.92. The number of benzene rings is 1. The van der Waals surface area contributed by atoms with E-state index >= 15 is 0 Å². The fourth-order valence-electron chi connectivity index (χ4n) is 2.48. The van der Waals surface area contributed by atoms with Crippen molar-refractivity contribution in [1.29, 1.82) is 0 Å². The van der Waals surface area contributed by atoms with E-state index in [2.05, 4.69) is 31.8 Å². The molecule has 0 heterocycles. The SMILES string of the molecule is CC1(C)CCC(NC(=O)c2ccc(F)c(S)c2)C1. The molecule has 0 aromatic heterocycles. The Bertz CT molecular complexity index is 473. The first-order chi connectivity index (χ1) is 8.37. The molecule has 1 aromatic rings. The number of carbonyl (C=O) groups is 1. The fraction of sp³-hybridized carbons (Fsp3) is 0.500. The lowest BCUT2D eigenvalue weighted by Crippen LogP contribution is -2.33. The van der Waals surface area contributed by atoms with Crippen LogP contribution in [0.2, 0.25) is 0 Å². The lowest BCUT2D eigenvalue weighted by molar-refractivity contribution is 0.0935. The number of rotatable bonds is 2. The highest BCUT2D eigenvalue weighted by atomic mass is 32.1. The summed E-state index contributed by atoms with van der Waals surface area (Å²) in [5.74, 6) is -0.551. The molecule has 98 valence electrons. The maximum Gasteiger partial charge on any atom is 0.251 e. The van der Waals surface area contributed by atoms with Crippen LogP contribution in [-0.2, 0) is 0 Å². The largest absolute Gasteiger partial charge is 0.349 e. The van der Waals surface area contributed by atoms with Gasteiger partial charge in [0.2, 0.25) is 0 Å². The normalized spacial score (nSPS) is 21.9. The monoisotopic (exact) mass is 267 g/mol. The van der Waals surface area contributed by atoms with Crippen LogP contribution in [0.4, 0.5) is 4.39 Å². The summed E-state index contributed by atoms with van der Waals surface area (Å²) < 4.78 is 13.1. The van der Waals surface area contributed by atoms with E-state index < -0.39 is 5.82 Å². The Morgan fingerprint density at radius 1 is 1.50 bits per heavy atom. The number of carbonyl (C=O) groups excluding carboxylic acids is 1. The Morgan fingerprint density at radius 3 is 2.78 bits per heavy atom. The summed E-state index contributed by atoms with van der Waals surface area (Å²) in [6.07, 6.45) is 3.13. The topological polar surface area (TPSA) is 29.1 Å². The molecule has 4 heteroatoms. The third-order valence-corrected chi connectivity index (χ3v) is 3.85. The van der Waals surface area contributed by atoms with Crippen LogP contribution in [0.25, 0.3) is 0 Å². The van der Waals surface area contributed by atoms with Gasteiger partial charge in [-0.25, -0.2) is 4.39 Å². The van der Waals surface area contributed by atoms with Gasteiger partial charge in [0.15, 0.2) is 0 Å². The van der Waals surface area contributed by atoms with E-state index in [1.54, 1.807) is 0 Å². The molecule has 1 atom stereocenters. The molecule has 0 radical (unpaired) electrons. The summed E-state index contributed by atoms with van der Waals surface area (Å²) in [4.78, 5) is 12.2. The Kier molecular flexibility index (Phi) is 3.66. The zero-order valence-corrected chi connectivity index (χ0v) is 11.6. The molecule has 1 aromatic carbocycles. The average Bonchev–Trinajstić information content (AvgIpc) is 2.62. The summed E-state index contributed by atoms with van der Waals surface area (Å²) in [6, 6.07) is 4.45. The molecule has 1 unspecified atom stereocenters. The number of amides is 1. The summed E-state index contributed by atoms with van der Waals surface area (Å²) in [5.41, 5.74) is 0.765. The van der Waals surface area contributed by atoms with Crippen LogP contribution in [0.1, 0.15) is 43.5 Å². The summed E-state index contributed by atoms with van der Waals surface area (Å²) in [6.45, 7) is 4.42. The van der Waals surface area contributed by atoms with E-state index in [0.717, 1.165) is 19.3 Å². The van der Waals surface area contributed by atoms with Crippen molar-refractivity contribution in [2.75, 3.05) is 0 Å². The van der Waals surface area contributed by atoms with Gasteiger partial charge in [0.05, 0.1) is 0 Å². The molecule has 0 saturated heterocycles. The van der Waals surface area contributed by atoms with Crippen molar-refractivity contribution < 1.29 is 9.18 Å². The molecule has 1 fully saturated rings. The molecule has 1 aliphatic rings. The van der Waals surface area contributed by atoms with Gasteiger partial charge >= 0.3 is 0 Å². The van der Waals surface area contributed by atoms with E-state index in [-0.39, 0.29) is 16.8 Å². The molecule has 1 amide bonds. The molecule has 2 rings (SSSR count). The van der Waals surface area contributed by atoms with Gasteiger partial charge in [0, 0.05) is 16.5 Å². The second-order valence-electron chi connectivity index (χ2n) is 5.74. The van der Waals surface area contributed by atoms with Crippen molar-refractivity contribution in [3.63, 3.8) is 0 Å². The Balaban J connectivity index is 2.02. The smallest absolute Gasteiger partial charge is 0.251 e. The van der Waals surface area contributed by atoms with E-state index in [0.29, 0.717) is 11.0 Å². The zero-order valence-electron chi connectivity index (χ0n) is 10.7. The van der Waals surface area contributed by atoms with Crippen molar-refractivity contribution in [1.82, 2.24) is 5.32 Å². The van der Waals surface area contributed by atoms with Crippen molar-refractivity contribution >= 4 is 18.5 Å². The first-order valence-corrected chi connectivity index (χ1v) is 6.61. The minimum absolute atomic E-state index is 0.145. The van der Waals surface area contributed by atoms with Crippen LogP contribution in [0.15, 0.2) is 23.1 Å². The molecule has 1 N–H and O–H groups in total. The summed E-state index contributed by atoms with van der Waals surface area (Å²) >= 11 is 3.98. The van der Waals surface area contributed by atoms with Gasteiger partial charge in [-0.3, -0.25) is 4.79 Å². The molecule has 0 aliphatic heterocycles. The predicted molar refractivity (Wildman–Crippen MR) is 72.5 cm³/mol. The van der Waals surface area contributed by atoms with Crippen LogP contribution in [-0.4, -0.2) is 11.9 Å². The summed E-state index contributed by atoms with van der Waals surface area (Å²) in [5, 5.41) is 3.00. The molecular weight excluding hydrogens is 249 g/mol. The van der Waals surface area contributed by atoms with Gasteiger partial charge in [0.1, 0.15) is 5.82 Å². The molecule has 0 spiro atoms. The highest BCUT2D eigenvalue weighted by Gasteiger charge is 2.31. The number of nitrogens with one attached hydrogen (secondary N) is 1. The van der Waals surface area contributed by atoms with Gasteiger partial charge < -0.3 is 5.32 Å². The van der Waals surface area contributed by atoms with Crippen LogP contribution in [0.5, 0.6) is 0 Å². The number of halogens is 1. The summed E-state index contributed by atoms with van der Waals surface area (Å²) in [7, 11) is 0. The maximum atomic E-state index is 13.1. The van der Waals surface area contributed by atoms with Gasteiger partial charge in [-0.15, -0.1) is 12.6 Å². The van der Waals surface area contributed by atoms with Crippen LogP contribution in [0, 0.1) is 11.2 Å². The number of hydrogen-bond donors (Lipinski definition) is 2. The fourth-order valence-corrected chi connectivity index (χ4v) is 2.70. The van der Waals surface area contributed by atoms with Crippen LogP contribution < -0.4 is 5.32 Å². The second-order valence-corrected chi connectivity index (χ2v) is 6.23. The standard InChI is InChI=1S/C14H18FNOS/c1-14(2)6-5-10(8-14)16-13(17)9-3-4-11(15)12(18)7-9/h3-4,7,10,18H,5-6,8H2,1-2H3,(H,16,17). The van der Waals surface area contributed by atoms with Crippen molar-refractivity contribution in [2.45, 2.75) is 44.0 Å². The quantitative estimate of drug-likeness (QED) is 0.790. The van der Waals surface area contributed by atoms with Crippen LogP contribution >= 0.6 is 12.6 Å². The maximum absolute atomic E-state index is 13.1. The van der Waals surface area contributed by atoms with Crippen molar-refractivity contribution in [3.8, 4) is 0 Å². The van der Waals surface area contributed by atoms with Gasteiger partial charge in [0.25, 0.3) is 5.91 Å². The van der Waals surface area contributed by atoms with E-state index in [4.69, 9.17) is 0 Å². The van der Waals surface area contributed by atoms with Crippen molar-refractivity contribution in [2.24, 2.45) is 5.41 Å². The molecular formula is C14H18FNOS. The first kappa shape index (κ1) is 13.4. The predicted octanol–water partition coefficient (Wildman–Crippen LogP) is 3.42. The Hall–Kier alpha value is -1.03. The molecule has 2 nitrogen and oxygen atoms in total. The number of thiol groups is 1. The Morgan fingerprint density at radius 2 is 2.22 bits per heavy atom. The lowest BCUT2D eigenvalue weighted by atomic mass is 9.92. The van der Waals surface area contributed by atoms with Gasteiger partial charge in [-0.1, -0.05) is 13.8 Å². The van der Waals surface area contributed by atoms with Crippen LogP contribution in [0.3, 0.4) is 0 Å². The minimum Gasteiger partial charge on any atom is -0.349 e. The Labute approximate surface area is 112 Å².